The van der Waals surface area contributed by atoms with E-state index in [1.54, 1.807) is 12.1 Å². The number of carboxylic acids is 1. The first-order valence-electron chi connectivity index (χ1n) is 4.01. The van der Waals surface area contributed by atoms with Gasteiger partial charge < -0.3 is 5.11 Å². The lowest BCUT2D eigenvalue weighted by Crippen LogP contribution is -1.93. The van der Waals surface area contributed by atoms with Crippen LogP contribution < -0.4 is 0 Å². The van der Waals surface area contributed by atoms with E-state index >= 15 is 0 Å². The lowest BCUT2D eigenvalue weighted by molar-refractivity contribution is 0.0701. The van der Waals surface area contributed by atoms with E-state index in [1.807, 2.05) is 13.0 Å². The molecule has 4 heteroatoms. The average molecular weight is 227 g/mol. The number of rotatable bonds is 1. The van der Waals surface area contributed by atoms with Gasteiger partial charge in [-0.15, -0.1) is 11.3 Å². The fourth-order valence-corrected chi connectivity index (χ4v) is 2.73. The second-order valence-corrected chi connectivity index (χ2v) is 4.49. The number of carbonyl (C=O) groups is 1. The largest absolute Gasteiger partial charge is 0.477 e. The van der Waals surface area contributed by atoms with Crippen molar-refractivity contribution in [3.8, 4) is 0 Å². The molecular weight excluding hydrogens is 220 g/mol. The van der Waals surface area contributed by atoms with Crippen LogP contribution in [0.2, 0.25) is 5.02 Å². The van der Waals surface area contributed by atoms with Gasteiger partial charge in [0.1, 0.15) is 4.88 Å². The molecule has 2 aromatic rings. The van der Waals surface area contributed by atoms with Crippen molar-refractivity contribution >= 4 is 39.0 Å². The zero-order valence-corrected chi connectivity index (χ0v) is 8.95. The molecule has 1 heterocycles. The Morgan fingerprint density at radius 1 is 1.50 bits per heavy atom. The lowest BCUT2D eigenvalue weighted by Gasteiger charge is -1.92. The molecule has 72 valence electrons. The topological polar surface area (TPSA) is 37.3 Å². The summed E-state index contributed by atoms with van der Waals surface area (Å²) in [5, 5.41) is 10.5. The maximum absolute atomic E-state index is 10.9. The number of halogens is 1. The van der Waals surface area contributed by atoms with Crippen LogP contribution >= 0.6 is 22.9 Å². The zero-order chi connectivity index (χ0) is 10.3. The van der Waals surface area contributed by atoms with Gasteiger partial charge in [-0.25, -0.2) is 4.79 Å². The molecular formula is C10H7ClO2S. The van der Waals surface area contributed by atoms with Crippen LogP contribution in [0.15, 0.2) is 18.2 Å². The molecule has 0 fully saturated rings. The SMILES string of the molecule is Cc1c(C(=O)O)sc2cc(Cl)ccc12. The van der Waals surface area contributed by atoms with Crippen LogP contribution in [0.4, 0.5) is 0 Å². The highest BCUT2D eigenvalue weighted by Crippen LogP contribution is 2.32. The summed E-state index contributed by atoms with van der Waals surface area (Å²) >= 11 is 7.08. The van der Waals surface area contributed by atoms with Crippen LogP contribution in [0.3, 0.4) is 0 Å². The van der Waals surface area contributed by atoms with E-state index in [4.69, 9.17) is 16.7 Å². The first-order valence-corrected chi connectivity index (χ1v) is 5.21. The van der Waals surface area contributed by atoms with Crippen molar-refractivity contribution in [2.45, 2.75) is 6.92 Å². The highest BCUT2D eigenvalue weighted by molar-refractivity contribution is 7.21. The van der Waals surface area contributed by atoms with Crippen molar-refractivity contribution in [1.82, 2.24) is 0 Å². The van der Waals surface area contributed by atoms with Crippen molar-refractivity contribution in [3.63, 3.8) is 0 Å². The van der Waals surface area contributed by atoms with Gasteiger partial charge in [0.2, 0.25) is 0 Å². The van der Waals surface area contributed by atoms with Crippen LogP contribution in [0.5, 0.6) is 0 Å². The van der Waals surface area contributed by atoms with Crippen molar-refractivity contribution in [2.75, 3.05) is 0 Å². The van der Waals surface area contributed by atoms with Crippen molar-refractivity contribution in [3.05, 3.63) is 33.7 Å². The van der Waals surface area contributed by atoms with Gasteiger partial charge in [-0.2, -0.15) is 0 Å². The Kier molecular flexibility index (Phi) is 2.21. The van der Waals surface area contributed by atoms with Gasteiger partial charge in [0.25, 0.3) is 0 Å². The number of hydrogen-bond acceptors (Lipinski definition) is 2. The molecule has 0 saturated heterocycles. The molecule has 0 atom stereocenters. The zero-order valence-electron chi connectivity index (χ0n) is 7.37. The third kappa shape index (κ3) is 1.38. The van der Waals surface area contributed by atoms with E-state index in [9.17, 15) is 4.79 Å². The summed E-state index contributed by atoms with van der Waals surface area (Å²) < 4.78 is 0.924. The van der Waals surface area contributed by atoms with Crippen LogP contribution in [-0.2, 0) is 0 Å². The summed E-state index contributed by atoms with van der Waals surface area (Å²) in [5.74, 6) is -0.875. The Balaban J connectivity index is 2.79. The second-order valence-electron chi connectivity index (χ2n) is 3.00. The van der Waals surface area contributed by atoms with Crippen molar-refractivity contribution < 1.29 is 9.90 Å². The predicted octanol–water partition coefficient (Wildman–Crippen LogP) is 3.56. The molecule has 0 unspecified atom stereocenters. The molecule has 1 aromatic heterocycles. The second kappa shape index (κ2) is 3.26. The van der Waals surface area contributed by atoms with E-state index in [2.05, 4.69) is 0 Å². The fraction of sp³-hybridized carbons (Fsp3) is 0.100. The van der Waals surface area contributed by atoms with Gasteiger partial charge >= 0.3 is 5.97 Å². The first-order chi connectivity index (χ1) is 6.59. The first kappa shape index (κ1) is 9.49. The highest BCUT2D eigenvalue weighted by Gasteiger charge is 2.13. The van der Waals surface area contributed by atoms with E-state index < -0.39 is 5.97 Å². The molecule has 0 saturated carbocycles. The average Bonchev–Trinajstić information content (AvgIpc) is 2.43. The lowest BCUT2D eigenvalue weighted by atomic mass is 10.1. The minimum Gasteiger partial charge on any atom is -0.477 e. The molecule has 0 aliphatic rings. The van der Waals surface area contributed by atoms with Crippen LogP contribution in [0.1, 0.15) is 15.2 Å². The number of carboxylic acid groups (broad SMARTS) is 1. The molecule has 0 bridgehead atoms. The number of benzene rings is 1. The monoisotopic (exact) mass is 226 g/mol. The summed E-state index contributed by atoms with van der Waals surface area (Å²) in [6.07, 6.45) is 0. The maximum atomic E-state index is 10.9. The summed E-state index contributed by atoms with van der Waals surface area (Å²) in [6, 6.07) is 5.42. The van der Waals surface area contributed by atoms with Gasteiger partial charge in [0, 0.05) is 9.72 Å². The maximum Gasteiger partial charge on any atom is 0.346 e. The Bertz CT molecular complexity index is 516. The highest BCUT2D eigenvalue weighted by atomic mass is 35.5. The smallest absolute Gasteiger partial charge is 0.346 e. The summed E-state index contributed by atoms with van der Waals surface area (Å²) in [6.45, 7) is 1.82. The predicted molar refractivity (Wildman–Crippen MR) is 58.5 cm³/mol. The molecule has 0 spiro atoms. The molecule has 0 aliphatic heterocycles. The van der Waals surface area contributed by atoms with Crippen LogP contribution in [-0.4, -0.2) is 11.1 Å². The minimum absolute atomic E-state index is 0.391. The number of aryl methyl sites for hydroxylation is 1. The van der Waals surface area contributed by atoms with Gasteiger partial charge in [-0.1, -0.05) is 17.7 Å². The molecule has 2 rings (SSSR count). The molecule has 0 amide bonds. The van der Waals surface area contributed by atoms with E-state index in [-0.39, 0.29) is 0 Å². The quantitative estimate of drug-likeness (QED) is 0.807. The van der Waals surface area contributed by atoms with Crippen molar-refractivity contribution in [1.29, 1.82) is 0 Å². The molecule has 14 heavy (non-hydrogen) atoms. The van der Waals surface area contributed by atoms with Crippen LogP contribution in [0, 0.1) is 6.92 Å². The third-order valence-electron chi connectivity index (χ3n) is 2.09. The normalized spacial score (nSPS) is 10.7. The van der Waals surface area contributed by atoms with Gasteiger partial charge in [-0.05, 0) is 30.0 Å². The number of thiophene rings is 1. The Hall–Kier alpha value is -1.06. The number of aromatic carboxylic acids is 1. The number of fused-ring (bicyclic) bond motifs is 1. The number of hydrogen-bond donors (Lipinski definition) is 1. The molecule has 1 aromatic carbocycles. The molecule has 0 radical (unpaired) electrons. The van der Waals surface area contributed by atoms with Crippen LogP contribution in [0.25, 0.3) is 10.1 Å². The Morgan fingerprint density at radius 2 is 2.21 bits per heavy atom. The molecule has 2 nitrogen and oxygen atoms in total. The van der Waals surface area contributed by atoms with Crippen molar-refractivity contribution in [2.24, 2.45) is 0 Å². The summed E-state index contributed by atoms with van der Waals surface area (Å²) in [5.41, 5.74) is 0.814. The van der Waals surface area contributed by atoms with E-state index in [1.165, 1.54) is 11.3 Å². The Labute approximate surface area is 89.7 Å². The van der Waals surface area contributed by atoms with E-state index in [0.717, 1.165) is 15.6 Å². The van der Waals surface area contributed by atoms with E-state index in [0.29, 0.717) is 9.90 Å². The fourth-order valence-electron chi connectivity index (χ4n) is 1.40. The van der Waals surface area contributed by atoms with Gasteiger partial charge in [0.05, 0.1) is 0 Å². The minimum atomic E-state index is -0.875. The third-order valence-corrected chi connectivity index (χ3v) is 3.57. The summed E-state index contributed by atoms with van der Waals surface area (Å²) in [7, 11) is 0. The molecule has 0 aliphatic carbocycles. The standard InChI is InChI=1S/C10H7ClO2S/c1-5-7-3-2-6(11)4-8(7)14-9(5)10(12)13/h2-4H,1H3,(H,12,13). The Morgan fingerprint density at radius 3 is 2.86 bits per heavy atom. The molecule has 1 N–H and O–H groups in total. The van der Waals surface area contributed by atoms with Gasteiger partial charge in [-0.3, -0.25) is 0 Å². The summed E-state index contributed by atoms with van der Waals surface area (Å²) in [4.78, 5) is 11.2. The van der Waals surface area contributed by atoms with Gasteiger partial charge in [0.15, 0.2) is 0 Å².